The number of nitrogens with zero attached hydrogens (tertiary/aromatic N) is 3. The summed E-state index contributed by atoms with van der Waals surface area (Å²) in [6.07, 6.45) is 1.72. The summed E-state index contributed by atoms with van der Waals surface area (Å²) in [6.45, 7) is 2.42. The molecule has 4 rings (SSSR count). The van der Waals surface area contributed by atoms with Gasteiger partial charge in [-0.3, -0.25) is 9.78 Å². The molecule has 2 aromatic heterocycles. The van der Waals surface area contributed by atoms with Gasteiger partial charge in [0.25, 0.3) is 5.91 Å². The number of morpholine rings is 1. The highest BCUT2D eigenvalue weighted by atomic mass is 16.5. The Balaban J connectivity index is 1.45. The summed E-state index contributed by atoms with van der Waals surface area (Å²) in [5.74, 6) is 1.00. The standard InChI is InChI=1S/C18H17N3O4/c22-18(21-7-9-23-10-8-21)15-11-14(25-20-15)12-24-16-5-1-3-13-4-2-6-19-17(13)16/h1-6,11H,7-10,12H2. The number of amides is 1. The minimum Gasteiger partial charge on any atom is -0.483 e. The zero-order chi connectivity index (χ0) is 17.1. The fourth-order valence-electron chi connectivity index (χ4n) is 2.75. The predicted molar refractivity (Wildman–Crippen MR) is 89.3 cm³/mol. The Morgan fingerprint density at radius 3 is 2.92 bits per heavy atom. The van der Waals surface area contributed by atoms with Crippen molar-refractivity contribution >= 4 is 16.8 Å². The van der Waals surface area contributed by atoms with Crippen molar-refractivity contribution in [3.05, 3.63) is 54.0 Å². The summed E-state index contributed by atoms with van der Waals surface area (Å²) >= 11 is 0. The molecule has 0 aliphatic carbocycles. The number of carbonyl (C=O) groups excluding carboxylic acids is 1. The summed E-state index contributed by atoms with van der Waals surface area (Å²) in [4.78, 5) is 18.4. The van der Waals surface area contributed by atoms with E-state index in [9.17, 15) is 4.79 Å². The fourth-order valence-corrected chi connectivity index (χ4v) is 2.75. The van der Waals surface area contributed by atoms with Crippen molar-refractivity contribution < 1.29 is 18.8 Å². The van der Waals surface area contributed by atoms with E-state index in [1.54, 1.807) is 17.2 Å². The molecule has 0 N–H and O–H groups in total. The highest BCUT2D eigenvalue weighted by Gasteiger charge is 2.22. The van der Waals surface area contributed by atoms with Crippen LogP contribution < -0.4 is 4.74 Å². The number of fused-ring (bicyclic) bond motifs is 1. The van der Waals surface area contributed by atoms with Crippen LogP contribution in [0.15, 0.2) is 47.1 Å². The van der Waals surface area contributed by atoms with Gasteiger partial charge in [-0.1, -0.05) is 23.4 Å². The number of carbonyl (C=O) groups is 1. The van der Waals surface area contributed by atoms with Crippen molar-refractivity contribution in [3.63, 3.8) is 0 Å². The fraction of sp³-hybridized carbons (Fsp3) is 0.278. The minimum absolute atomic E-state index is 0.148. The number of benzene rings is 1. The second-order valence-electron chi connectivity index (χ2n) is 5.70. The van der Waals surface area contributed by atoms with Crippen LogP contribution in [-0.2, 0) is 11.3 Å². The number of rotatable bonds is 4. The summed E-state index contributed by atoms with van der Waals surface area (Å²) < 4.78 is 16.3. The molecule has 0 unspecified atom stereocenters. The Labute approximate surface area is 144 Å². The lowest BCUT2D eigenvalue weighted by Crippen LogP contribution is -2.40. The highest BCUT2D eigenvalue weighted by molar-refractivity contribution is 5.92. The van der Waals surface area contributed by atoms with Crippen molar-refractivity contribution in [3.8, 4) is 5.75 Å². The van der Waals surface area contributed by atoms with Gasteiger partial charge in [0.2, 0.25) is 0 Å². The molecular formula is C18H17N3O4. The van der Waals surface area contributed by atoms with Gasteiger partial charge in [0, 0.05) is 30.7 Å². The first-order chi connectivity index (χ1) is 12.3. The van der Waals surface area contributed by atoms with E-state index in [4.69, 9.17) is 14.0 Å². The van der Waals surface area contributed by atoms with Crippen LogP contribution in [0.3, 0.4) is 0 Å². The number of para-hydroxylation sites is 1. The lowest BCUT2D eigenvalue weighted by Gasteiger charge is -2.25. The highest BCUT2D eigenvalue weighted by Crippen LogP contribution is 2.24. The maximum absolute atomic E-state index is 12.4. The monoisotopic (exact) mass is 339 g/mol. The molecule has 3 aromatic rings. The van der Waals surface area contributed by atoms with Gasteiger partial charge in [-0.25, -0.2) is 0 Å². The van der Waals surface area contributed by atoms with E-state index in [-0.39, 0.29) is 18.2 Å². The molecule has 25 heavy (non-hydrogen) atoms. The molecule has 128 valence electrons. The van der Waals surface area contributed by atoms with Crippen LogP contribution in [-0.4, -0.2) is 47.3 Å². The Kier molecular flexibility index (Phi) is 4.30. The van der Waals surface area contributed by atoms with Crippen molar-refractivity contribution in [1.82, 2.24) is 15.0 Å². The van der Waals surface area contributed by atoms with Crippen LogP contribution in [0.1, 0.15) is 16.2 Å². The second-order valence-corrected chi connectivity index (χ2v) is 5.70. The Bertz CT molecular complexity index is 881. The lowest BCUT2D eigenvalue weighted by molar-refractivity contribution is 0.0296. The number of ether oxygens (including phenoxy) is 2. The normalized spacial score (nSPS) is 14.6. The SMILES string of the molecule is O=C(c1cc(COc2cccc3cccnc23)on1)N1CCOCC1. The van der Waals surface area contributed by atoms with E-state index < -0.39 is 0 Å². The van der Waals surface area contributed by atoms with E-state index >= 15 is 0 Å². The largest absolute Gasteiger partial charge is 0.483 e. The van der Waals surface area contributed by atoms with Crippen molar-refractivity contribution in [2.75, 3.05) is 26.3 Å². The summed E-state index contributed by atoms with van der Waals surface area (Å²) in [5, 5.41) is 4.86. The number of hydrogen-bond donors (Lipinski definition) is 0. The van der Waals surface area contributed by atoms with Gasteiger partial charge in [-0.05, 0) is 12.1 Å². The Hall–Kier alpha value is -2.93. The zero-order valence-corrected chi connectivity index (χ0v) is 13.6. The van der Waals surface area contributed by atoms with Gasteiger partial charge in [-0.15, -0.1) is 0 Å². The zero-order valence-electron chi connectivity index (χ0n) is 13.6. The first-order valence-electron chi connectivity index (χ1n) is 8.10. The first kappa shape index (κ1) is 15.6. The molecule has 0 spiro atoms. The molecule has 1 aliphatic heterocycles. The topological polar surface area (TPSA) is 77.7 Å². The van der Waals surface area contributed by atoms with Crippen molar-refractivity contribution in [2.24, 2.45) is 0 Å². The molecule has 0 saturated carbocycles. The van der Waals surface area contributed by atoms with Crippen molar-refractivity contribution in [2.45, 2.75) is 6.61 Å². The molecule has 1 aromatic carbocycles. The molecular weight excluding hydrogens is 322 g/mol. The second kappa shape index (κ2) is 6.90. The lowest BCUT2D eigenvalue weighted by atomic mass is 10.2. The van der Waals surface area contributed by atoms with Gasteiger partial charge in [0.15, 0.2) is 11.5 Å². The van der Waals surface area contributed by atoms with E-state index in [1.807, 2.05) is 30.3 Å². The van der Waals surface area contributed by atoms with Gasteiger partial charge >= 0.3 is 0 Å². The summed E-state index contributed by atoms with van der Waals surface area (Å²) in [7, 11) is 0. The smallest absolute Gasteiger partial charge is 0.276 e. The quantitative estimate of drug-likeness (QED) is 0.726. The first-order valence-corrected chi connectivity index (χ1v) is 8.10. The molecule has 1 aliphatic rings. The average Bonchev–Trinajstić information content (AvgIpc) is 3.15. The van der Waals surface area contributed by atoms with Gasteiger partial charge in [0.05, 0.1) is 13.2 Å². The third kappa shape index (κ3) is 3.32. The molecule has 1 fully saturated rings. The van der Waals surface area contributed by atoms with E-state index in [2.05, 4.69) is 10.1 Å². The average molecular weight is 339 g/mol. The third-order valence-electron chi connectivity index (χ3n) is 4.04. The number of pyridine rings is 1. The summed E-state index contributed by atoms with van der Waals surface area (Å²) in [6, 6.07) is 11.2. The maximum atomic E-state index is 12.4. The van der Waals surface area contributed by atoms with Gasteiger partial charge < -0.3 is 18.9 Å². The number of hydrogen-bond acceptors (Lipinski definition) is 6. The molecule has 0 atom stereocenters. The Morgan fingerprint density at radius 2 is 2.04 bits per heavy atom. The maximum Gasteiger partial charge on any atom is 0.276 e. The van der Waals surface area contributed by atoms with Crippen LogP contribution in [0.2, 0.25) is 0 Å². The van der Waals surface area contributed by atoms with Crippen LogP contribution in [0.4, 0.5) is 0 Å². The molecule has 7 heteroatoms. The molecule has 3 heterocycles. The van der Waals surface area contributed by atoms with Crippen LogP contribution in [0.5, 0.6) is 5.75 Å². The van der Waals surface area contributed by atoms with Crippen molar-refractivity contribution in [1.29, 1.82) is 0 Å². The molecule has 0 bridgehead atoms. The van der Waals surface area contributed by atoms with Crippen LogP contribution in [0.25, 0.3) is 10.9 Å². The van der Waals surface area contributed by atoms with E-state index in [0.717, 1.165) is 10.9 Å². The predicted octanol–water partition coefficient (Wildman–Crippen LogP) is 2.27. The van der Waals surface area contributed by atoms with E-state index in [0.29, 0.717) is 37.8 Å². The molecule has 7 nitrogen and oxygen atoms in total. The number of aromatic nitrogens is 2. The van der Waals surface area contributed by atoms with Crippen LogP contribution in [0, 0.1) is 0 Å². The molecule has 1 amide bonds. The minimum atomic E-state index is -0.148. The third-order valence-corrected chi connectivity index (χ3v) is 4.04. The summed E-state index contributed by atoms with van der Waals surface area (Å²) in [5.41, 5.74) is 1.07. The molecule has 0 radical (unpaired) electrons. The van der Waals surface area contributed by atoms with Gasteiger partial charge in [0.1, 0.15) is 17.9 Å². The van der Waals surface area contributed by atoms with E-state index in [1.165, 1.54) is 0 Å². The molecule has 1 saturated heterocycles. The van der Waals surface area contributed by atoms with Gasteiger partial charge in [-0.2, -0.15) is 0 Å². The van der Waals surface area contributed by atoms with Crippen LogP contribution >= 0.6 is 0 Å². The Morgan fingerprint density at radius 1 is 1.20 bits per heavy atom.